The van der Waals surface area contributed by atoms with Gasteiger partial charge in [-0.15, -0.1) is 0 Å². The summed E-state index contributed by atoms with van der Waals surface area (Å²) in [7, 11) is 1.93. The molecule has 2 rings (SSSR count). The summed E-state index contributed by atoms with van der Waals surface area (Å²) >= 11 is 0. The van der Waals surface area contributed by atoms with Crippen LogP contribution in [0.15, 0.2) is 48.5 Å². The third kappa shape index (κ3) is 5.33. The van der Waals surface area contributed by atoms with E-state index in [0.29, 0.717) is 12.3 Å². The van der Waals surface area contributed by atoms with Gasteiger partial charge in [0.25, 0.3) is 5.69 Å². The van der Waals surface area contributed by atoms with Gasteiger partial charge in [-0.3, -0.25) is 15.0 Å². The van der Waals surface area contributed by atoms with E-state index < -0.39 is 11.0 Å². The van der Waals surface area contributed by atoms with Gasteiger partial charge in [0.15, 0.2) is 0 Å². The molecule has 2 aromatic rings. The Labute approximate surface area is 141 Å². The number of aliphatic hydroxyl groups excluding tert-OH is 1. The predicted molar refractivity (Wildman–Crippen MR) is 92.1 cm³/mol. The number of aliphatic hydroxyl groups is 1. The van der Waals surface area contributed by atoms with Crippen molar-refractivity contribution in [1.82, 2.24) is 4.90 Å². The van der Waals surface area contributed by atoms with E-state index in [1.165, 1.54) is 23.3 Å². The number of nitrogens with zero attached hydrogens (tertiary/aromatic N) is 2. The van der Waals surface area contributed by atoms with Crippen LogP contribution in [0.4, 0.5) is 5.69 Å². The van der Waals surface area contributed by atoms with Crippen LogP contribution in [-0.2, 0) is 6.54 Å². The molecule has 6 heteroatoms. The normalized spacial score (nSPS) is 12.2. The van der Waals surface area contributed by atoms with Crippen molar-refractivity contribution in [2.24, 2.45) is 0 Å². The Morgan fingerprint density at radius 1 is 1.25 bits per heavy atom. The molecule has 0 amide bonds. The number of non-ortho nitro benzene ring substituents is 1. The Balaban J connectivity index is 1.82. The first-order valence-corrected chi connectivity index (χ1v) is 7.74. The molecule has 128 valence electrons. The lowest BCUT2D eigenvalue weighted by molar-refractivity contribution is -0.384. The van der Waals surface area contributed by atoms with Crippen LogP contribution in [0.3, 0.4) is 0 Å². The molecule has 0 bridgehead atoms. The van der Waals surface area contributed by atoms with Gasteiger partial charge >= 0.3 is 0 Å². The zero-order valence-electron chi connectivity index (χ0n) is 13.9. The highest BCUT2D eigenvalue weighted by molar-refractivity contribution is 5.37. The summed E-state index contributed by atoms with van der Waals surface area (Å²) in [5.41, 5.74) is 2.40. The van der Waals surface area contributed by atoms with E-state index in [4.69, 9.17) is 4.74 Å². The van der Waals surface area contributed by atoms with Crippen LogP contribution in [-0.4, -0.2) is 41.2 Å². The van der Waals surface area contributed by atoms with Gasteiger partial charge in [-0.2, -0.15) is 0 Å². The Hall–Kier alpha value is -2.44. The van der Waals surface area contributed by atoms with Crippen LogP contribution in [0.1, 0.15) is 11.1 Å². The number of hydrogen-bond donors (Lipinski definition) is 1. The summed E-state index contributed by atoms with van der Waals surface area (Å²) < 4.78 is 5.45. The first kappa shape index (κ1) is 17.9. The smallest absolute Gasteiger partial charge is 0.273 e. The standard InChI is InChI=1S/C18H22N2O4/c1-14-6-3-4-7-15(14)11-19(2)12-17(21)13-24-18-9-5-8-16(10-18)20(22)23/h3-10,17,21H,11-13H2,1-2H3. The van der Waals surface area contributed by atoms with Gasteiger partial charge in [0, 0.05) is 19.2 Å². The number of rotatable bonds is 8. The van der Waals surface area contributed by atoms with Gasteiger partial charge in [0.2, 0.25) is 0 Å². The van der Waals surface area contributed by atoms with E-state index >= 15 is 0 Å². The van der Waals surface area contributed by atoms with Crippen molar-refractivity contribution >= 4 is 5.69 Å². The molecule has 0 aliphatic heterocycles. The van der Waals surface area contributed by atoms with Crippen LogP contribution >= 0.6 is 0 Å². The zero-order chi connectivity index (χ0) is 17.5. The lowest BCUT2D eigenvalue weighted by Crippen LogP contribution is -2.32. The van der Waals surface area contributed by atoms with Crippen LogP contribution < -0.4 is 4.74 Å². The minimum Gasteiger partial charge on any atom is -0.491 e. The largest absolute Gasteiger partial charge is 0.491 e. The fourth-order valence-corrected chi connectivity index (χ4v) is 2.43. The predicted octanol–water partition coefficient (Wildman–Crippen LogP) is 2.77. The number of aryl methyl sites for hydroxylation is 1. The summed E-state index contributed by atoms with van der Waals surface area (Å²) in [6.07, 6.45) is -0.682. The molecule has 1 atom stereocenters. The topological polar surface area (TPSA) is 75.8 Å². The van der Waals surface area contributed by atoms with Crippen molar-refractivity contribution in [3.05, 3.63) is 69.8 Å². The average Bonchev–Trinajstić information content (AvgIpc) is 2.55. The van der Waals surface area contributed by atoms with Gasteiger partial charge in [0.1, 0.15) is 18.5 Å². The van der Waals surface area contributed by atoms with Gasteiger partial charge in [0.05, 0.1) is 11.0 Å². The molecule has 1 unspecified atom stereocenters. The minimum absolute atomic E-state index is 0.0290. The summed E-state index contributed by atoms with van der Waals surface area (Å²) in [6.45, 7) is 3.33. The molecule has 0 fully saturated rings. The van der Waals surface area contributed by atoms with E-state index in [1.807, 2.05) is 24.1 Å². The van der Waals surface area contributed by atoms with Crippen molar-refractivity contribution in [3.63, 3.8) is 0 Å². The fraction of sp³-hybridized carbons (Fsp3) is 0.333. The van der Waals surface area contributed by atoms with Crippen LogP contribution in [0, 0.1) is 17.0 Å². The second kappa shape index (κ2) is 8.42. The first-order chi connectivity index (χ1) is 11.5. The molecule has 0 saturated carbocycles. The van der Waals surface area contributed by atoms with Crippen LogP contribution in [0.5, 0.6) is 5.75 Å². The number of ether oxygens (including phenoxy) is 1. The summed E-state index contributed by atoms with van der Waals surface area (Å²) in [6, 6.07) is 14.1. The van der Waals surface area contributed by atoms with Crippen molar-refractivity contribution in [2.75, 3.05) is 20.2 Å². The van der Waals surface area contributed by atoms with Crippen molar-refractivity contribution in [3.8, 4) is 5.75 Å². The van der Waals surface area contributed by atoms with Crippen molar-refractivity contribution < 1.29 is 14.8 Å². The molecule has 0 spiro atoms. The number of nitro benzene ring substituents is 1. The highest BCUT2D eigenvalue weighted by Gasteiger charge is 2.12. The van der Waals surface area contributed by atoms with E-state index in [9.17, 15) is 15.2 Å². The van der Waals surface area contributed by atoms with E-state index in [0.717, 1.165) is 6.54 Å². The van der Waals surface area contributed by atoms with E-state index in [1.54, 1.807) is 12.1 Å². The summed E-state index contributed by atoms with van der Waals surface area (Å²) in [4.78, 5) is 12.3. The molecule has 6 nitrogen and oxygen atoms in total. The Kier molecular flexibility index (Phi) is 6.28. The third-order valence-electron chi connectivity index (χ3n) is 3.69. The molecule has 0 aromatic heterocycles. The van der Waals surface area contributed by atoms with Gasteiger partial charge in [-0.1, -0.05) is 30.3 Å². The maximum Gasteiger partial charge on any atom is 0.273 e. The van der Waals surface area contributed by atoms with Crippen molar-refractivity contribution in [1.29, 1.82) is 0 Å². The number of likely N-dealkylation sites (N-methyl/N-ethyl adjacent to an activating group) is 1. The van der Waals surface area contributed by atoms with E-state index in [-0.39, 0.29) is 12.3 Å². The molecular weight excluding hydrogens is 308 g/mol. The SMILES string of the molecule is Cc1ccccc1CN(C)CC(O)COc1cccc([N+](=O)[O-])c1. The molecule has 0 saturated heterocycles. The molecule has 0 aliphatic rings. The quantitative estimate of drug-likeness (QED) is 0.595. The second-order valence-electron chi connectivity index (χ2n) is 5.84. The van der Waals surface area contributed by atoms with Crippen molar-refractivity contribution in [2.45, 2.75) is 19.6 Å². The highest BCUT2D eigenvalue weighted by atomic mass is 16.6. The molecule has 0 radical (unpaired) electrons. The first-order valence-electron chi connectivity index (χ1n) is 7.74. The summed E-state index contributed by atoms with van der Waals surface area (Å²) in [5.74, 6) is 0.379. The minimum atomic E-state index is -0.682. The zero-order valence-corrected chi connectivity index (χ0v) is 13.9. The highest BCUT2D eigenvalue weighted by Crippen LogP contribution is 2.19. The second-order valence-corrected chi connectivity index (χ2v) is 5.84. The maximum absolute atomic E-state index is 10.7. The van der Waals surface area contributed by atoms with Gasteiger partial charge in [-0.05, 0) is 31.2 Å². The number of hydrogen-bond acceptors (Lipinski definition) is 5. The van der Waals surface area contributed by atoms with E-state index in [2.05, 4.69) is 19.1 Å². The molecule has 1 N–H and O–H groups in total. The molecule has 24 heavy (non-hydrogen) atoms. The Morgan fingerprint density at radius 2 is 2.00 bits per heavy atom. The lowest BCUT2D eigenvalue weighted by Gasteiger charge is -2.21. The maximum atomic E-state index is 10.7. The molecule has 0 heterocycles. The van der Waals surface area contributed by atoms with Crippen LogP contribution in [0.25, 0.3) is 0 Å². The van der Waals surface area contributed by atoms with Gasteiger partial charge < -0.3 is 9.84 Å². The fourth-order valence-electron chi connectivity index (χ4n) is 2.43. The Bertz CT molecular complexity index is 690. The lowest BCUT2D eigenvalue weighted by atomic mass is 10.1. The monoisotopic (exact) mass is 330 g/mol. The van der Waals surface area contributed by atoms with Crippen LogP contribution in [0.2, 0.25) is 0 Å². The number of nitro groups is 1. The average molecular weight is 330 g/mol. The number of benzene rings is 2. The third-order valence-corrected chi connectivity index (χ3v) is 3.69. The molecule has 2 aromatic carbocycles. The Morgan fingerprint density at radius 3 is 2.71 bits per heavy atom. The summed E-state index contributed by atoms with van der Waals surface area (Å²) in [5, 5.41) is 20.8. The molecule has 0 aliphatic carbocycles. The molecular formula is C18H22N2O4. The van der Waals surface area contributed by atoms with Gasteiger partial charge in [-0.25, -0.2) is 0 Å².